The molecule has 102 valence electrons. The van der Waals surface area contributed by atoms with Crippen molar-refractivity contribution in [1.82, 2.24) is 24.7 Å². The fourth-order valence-electron chi connectivity index (χ4n) is 1.73. The fraction of sp³-hybridized carbons (Fsp3) is 0.500. The van der Waals surface area contributed by atoms with E-state index in [0.29, 0.717) is 0 Å². The third-order valence-corrected chi connectivity index (χ3v) is 3.71. The van der Waals surface area contributed by atoms with E-state index in [1.165, 1.54) is 11.8 Å². The number of aromatic nitrogens is 5. The third kappa shape index (κ3) is 3.23. The molecular weight excluding hydrogens is 260 g/mol. The molecule has 6 nitrogen and oxygen atoms in total. The van der Waals surface area contributed by atoms with E-state index in [0.717, 1.165) is 41.0 Å². The van der Waals surface area contributed by atoms with Gasteiger partial charge in [0.25, 0.3) is 0 Å². The van der Waals surface area contributed by atoms with Crippen molar-refractivity contribution in [3.05, 3.63) is 18.2 Å². The Bertz CT molecular complexity index is 539. The number of hydrogen-bond donors (Lipinski definition) is 1. The van der Waals surface area contributed by atoms with Gasteiger partial charge in [0, 0.05) is 19.2 Å². The van der Waals surface area contributed by atoms with E-state index in [2.05, 4.69) is 39.3 Å². The predicted octanol–water partition coefficient (Wildman–Crippen LogP) is 2.14. The zero-order valence-electron chi connectivity index (χ0n) is 11.4. The predicted molar refractivity (Wildman–Crippen MR) is 75.3 cm³/mol. The molecule has 0 atom stereocenters. The highest BCUT2D eigenvalue weighted by atomic mass is 32.2. The zero-order valence-corrected chi connectivity index (χ0v) is 12.2. The summed E-state index contributed by atoms with van der Waals surface area (Å²) in [5, 5.41) is 13.0. The number of nitrogens with zero attached hydrogens (tertiary/aromatic N) is 5. The van der Waals surface area contributed by atoms with Crippen molar-refractivity contribution in [2.75, 3.05) is 11.9 Å². The first-order chi connectivity index (χ1) is 9.26. The molecule has 2 heterocycles. The second kappa shape index (κ2) is 6.51. The maximum Gasteiger partial charge on any atom is 0.197 e. The molecule has 2 aromatic rings. The maximum absolute atomic E-state index is 4.39. The first-order valence-corrected chi connectivity index (χ1v) is 7.17. The quantitative estimate of drug-likeness (QED) is 0.816. The Labute approximate surface area is 117 Å². The van der Waals surface area contributed by atoms with Gasteiger partial charge < -0.3 is 9.88 Å². The van der Waals surface area contributed by atoms with Crippen LogP contribution in [0.4, 0.5) is 5.82 Å². The molecule has 2 aromatic heterocycles. The lowest BCUT2D eigenvalue weighted by Gasteiger charge is -2.12. The second-order valence-corrected chi connectivity index (χ2v) is 5.07. The lowest BCUT2D eigenvalue weighted by molar-refractivity contribution is 0.783. The van der Waals surface area contributed by atoms with Gasteiger partial charge in [-0.3, -0.25) is 0 Å². The molecule has 0 unspecified atom stereocenters. The molecule has 0 spiro atoms. The summed E-state index contributed by atoms with van der Waals surface area (Å²) in [6.45, 7) is 5.06. The summed E-state index contributed by atoms with van der Waals surface area (Å²) in [5.74, 6) is 0.920. The minimum atomic E-state index is 0.832. The van der Waals surface area contributed by atoms with Crippen molar-refractivity contribution in [3.8, 4) is 0 Å². The van der Waals surface area contributed by atoms with Gasteiger partial charge in [-0.2, -0.15) is 0 Å². The fourth-order valence-corrected chi connectivity index (χ4v) is 2.60. The zero-order chi connectivity index (χ0) is 13.7. The lowest BCUT2D eigenvalue weighted by Crippen LogP contribution is -2.06. The van der Waals surface area contributed by atoms with Crippen LogP contribution in [-0.4, -0.2) is 31.3 Å². The van der Waals surface area contributed by atoms with Gasteiger partial charge in [0.05, 0.1) is 0 Å². The van der Waals surface area contributed by atoms with E-state index in [-0.39, 0.29) is 0 Å². The van der Waals surface area contributed by atoms with Crippen LogP contribution in [0.25, 0.3) is 0 Å². The van der Waals surface area contributed by atoms with Crippen LogP contribution in [0.3, 0.4) is 0 Å². The van der Waals surface area contributed by atoms with Gasteiger partial charge in [-0.05, 0) is 25.1 Å². The van der Waals surface area contributed by atoms with Crippen LogP contribution in [-0.2, 0) is 13.5 Å². The molecule has 1 N–H and O–H groups in total. The number of rotatable bonds is 6. The minimum absolute atomic E-state index is 0.832. The van der Waals surface area contributed by atoms with Gasteiger partial charge in [0.1, 0.15) is 23.5 Å². The molecular formula is C12H18N6S. The molecule has 0 saturated carbocycles. The summed E-state index contributed by atoms with van der Waals surface area (Å²) in [5.41, 5.74) is 1.15. The summed E-state index contributed by atoms with van der Waals surface area (Å²) in [7, 11) is 1.92. The average Bonchev–Trinajstić information content (AvgIpc) is 2.79. The van der Waals surface area contributed by atoms with Gasteiger partial charge >= 0.3 is 0 Å². The molecule has 19 heavy (non-hydrogen) atoms. The van der Waals surface area contributed by atoms with Crippen LogP contribution in [0.5, 0.6) is 0 Å². The molecule has 0 aliphatic carbocycles. The molecule has 0 radical (unpaired) electrons. The topological polar surface area (TPSA) is 68.5 Å². The summed E-state index contributed by atoms with van der Waals surface area (Å²) in [6.07, 6.45) is 5.28. The van der Waals surface area contributed by atoms with Crippen molar-refractivity contribution < 1.29 is 0 Å². The summed E-state index contributed by atoms with van der Waals surface area (Å²) in [6, 6.07) is 0. The highest BCUT2D eigenvalue weighted by Crippen LogP contribution is 2.30. The second-order valence-electron chi connectivity index (χ2n) is 4.11. The first kappa shape index (κ1) is 13.8. The van der Waals surface area contributed by atoms with Crippen LogP contribution in [0.15, 0.2) is 22.8 Å². The Morgan fingerprint density at radius 1 is 1.32 bits per heavy atom. The third-order valence-electron chi connectivity index (χ3n) is 2.61. The summed E-state index contributed by atoms with van der Waals surface area (Å²) < 4.78 is 1.88. The normalized spacial score (nSPS) is 10.7. The Hall–Kier alpha value is -1.63. The van der Waals surface area contributed by atoms with Gasteiger partial charge in [0.15, 0.2) is 5.16 Å². The van der Waals surface area contributed by atoms with E-state index in [1.807, 2.05) is 11.6 Å². The molecule has 7 heteroatoms. The highest BCUT2D eigenvalue weighted by Gasteiger charge is 2.13. The molecule has 2 rings (SSSR count). The average molecular weight is 278 g/mol. The van der Waals surface area contributed by atoms with E-state index in [4.69, 9.17) is 0 Å². The van der Waals surface area contributed by atoms with Crippen molar-refractivity contribution >= 4 is 17.6 Å². The molecule has 0 fully saturated rings. The Morgan fingerprint density at radius 2 is 2.16 bits per heavy atom. The van der Waals surface area contributed by atoms with Gasteiger partial charge in [0.2, 0.25) is 0 Å². The van der Waals surface area contributed by atoms with E-state index in [1.54, 1.807) is 12.7 Å². The highest BCUT2D eigenvalue weighted by molar-refractivity contribution is 7.99. The standard InChI is InChI=1S/C12H18N6S/c1-4-6-9-10(13-5-2)14-7-15-11(9)19-12-17-16-8-18(12)3/h7-8H,4-6H2,1-3H3,(H,13,14,15). The van der Waals surface area contributed by atoms with E-state index >= 15 is 0 Å². The molecule has 0 aliphatic heterocycles. The van der Waals surface area contributed by atoms with Crippen LogP contribution in [0, 0.1) is 0 Å². The maximum atomic E-state index is 4.39. The van der Waals surface area contributed by atoms with Crippen LogP contribution < -0.4 is 5.32 Å². The van der Waals surface area contributed by atoms with Gasteiger partial charge in [-0.15, -0.1) is 10.2 Å². The molecule has 0 aromatic carbocycles. The Balaban J connectivity index is 2.33. The molecule has 0 saturated heterocycles. The number of aryl methyl sites for hydroxylation is 1. The van der Waals surface area contributed by atoms with Crippen molar-refractivity contribution in [2.24, 2.45) is 7.05 Å². The largest absolute Gasteiger partial charge is 0.370 e. The van der Waals surface area contributed by atoms with Gasteiger partial charge in [-0.1, -0.05) is 13.3 Å². The monoisotopic (exact) mass is 278 g/mol. The van der Waals surface area contributed by atoms with Crippen molar-refractivity contribution in [2.45, 2.75) is 36.9 Å². The molecule has 0 amide bonds. The Kier molecular flexibility index (Phi) is 4.73. The smallest absolute Gasteiger partial charge is 0.197 e. The van der Waals surface area contributed by atoms with Crippen LogP contribution in [0.1, 0.15) is 25.8 Å². The van der Waals surface area contributed by atoms with E-state index < -0.39 is 0 Å². The number of nitrogens with one attached hydrogen (secondary N) is 1. The van der Waals surface area contributed by atoms with E-state index in [9.17, 15) is 0 Å². The van der Waals surface area contributed by atoms with Crippen LogP contribution >= 0.6 is 11.8 Å². The lowest BCUT2D eigenvalue weighted by atomic mass is 10.2. The first-order valence-electron chi connectivity index (χ1n) is 6.35. The van der Waals surface area contributed by atoms with Crippen molar-refractivity contribution in [1.29, 1.82) is 0 Å². The Morgan fingerprint density at radius 3 is 2.79 bits per heavy atom. The molecule has 0 bridgehead atoms. The summed E-state index contributed by atoms with van der Waals surface area (Å²) in [4.78, 5) is 8.71. The number of anilines is 1. The molecule has 0 aliphatic rings. The minimum Gasteiger partial charge on any atom is -0.370 e. The summed E-state index contributed by atoms with van der Waals surface area (Å²) >= 11 is 1.53. The van der Waals surface area contributed by atoms with Crippen LogP contribution in [0.2, 0.25) is 0 Å². The number of hydrogen-bond acceptors (Lipinski definition) is 6. The van der Waals surface area contributed by atoms with Crippen molar-refractivity contribution in [3.63, 3.8) is 0 Å². The van der Waals surface area contributed by atoms with Gasteiger partial charge in [-0.25, -0.2) is 9.97 Å². The SMILES string of the molecule is CCCc1c(NCC)ncnc1Sc1nncn1C.